The summed E-state index contributed by atoms with van der Waals surface area (Å²) in [6.45, 7) is 0.905. The van der Waals surface area contributed by atoms with Crippen molar-refractivity contribution in [1.29, 1.82) is 0 Å². The second-order valence-corrected chi connectivity index (χ2v) is 8.35. The Kier molecular flexibility index (Phi) is 4.44. The number of thiophene rings is 1. The SMILES string of the molecule is CNC(c1ccc(Cl)s1)C1CCOC2(CCSC2)C1. The van der Waals surface area contributed by atoms with Crippen LogP contribution in [0.5, 0.6) is 0 Å². The molecule has 3 atom stereocenters. The summed E-state index contributed by atoms with van der Waals surface area (Å²) >= 11 is 9.82. The third kappa shape index (κ3) is 2.98. The number of halogens is 1. The van der Waals surface area contributed by atoms with Crippen molar-refractivity contribution >= 4 is 34.7 Å². The van der Waals surface area contributed by atoms with Gasteiger partial charge in [0.05, 0.1) is 9.94 Å². The molecular formula is C14H20ClNOS2. The highest BCUT2D eigenvalue weighted by Gasteiger charge is 2.42. The van der Waals surface area contributed by atoms with Crippen LogP contribution in [0.25, 0.3) is 0 Å². The van der Waals surface area contributed by atoms with E-state index in [1.54, 1.807) is 11.3 Å². The Labute approximate surface area is 128 Å². The van der Waals surface area contributed by atoms with Crippen LogP contribution in [-0.2, 0) is 4.74 Å². The van der Waals surface area contributed by atoms with Crippen molar-refractivity contribution < 1.29 is 4.74 Å². The Morgan fingerprint density at radius 2 is 2.42 bits per heavy atom. The molecule has 2 aliphatic heterocycles. The van der Waals surface area contributed by atoms with Gasteiger partial charge in [-0.25, -0.2) is 0 Å². The highest BCUT2D eigenvalue weighted by molar-refractivity contribution is 7.99. The number of nitrogens with one attached hydrogen (secondary N) is 1. The van der Waals surface area contributed by atoms with E-state index in [0.29, 0.717) is 12.0 Å². The molecule has 1 aromatic heterocycles. The fraction of sp³-hybridized carbons (Fsp3) is 0.714. The first kappa shape index (κ1) is 14.2. The fourth-order valence-corrected chi connectivity index (χ4v) is 5.96. The summed E-state index contributed by atoms with van der Waals surface area (Å²) in [6, 6.07) is 4.59. The van der Waals surface area contributed by atoms with Crippen molar-refractivity contribution in [3.05, 3.63) is 21.3 Å². The zero-order valence-corrected chi connectivity index (χ0v) is 13.5. The molecule has 3 heterocycles. The van der Waals surface area contributed by atoms with Gasteiger partial charge in [0.1, 0.15) is 0 Å². The molecule has 0 aromatic carbocycles. The number of ether oxygens (including phenoxy) is 1. The Balaban J connectivity index is 1.76. The second kappa shape index (κ2) is 5.94. The minimum Gasteiger partial charge on any atom is -0.374 e. The van der Waals surface area contributed by atoms with Crippen molar-refractivity contribution in [2.75, 3.05) is 25.2 Å². The summed E-state index contributed by atoms with van der Waals surface area (Å²) in [7, 11) is 2.06. The maximum absolute atomic E-state index is 6.12. The molecule has 0 saturated carbocycles. The van der Waals surface area contributed by atoms with Crippen LogP contribution in [0.4, 0.5) is 0 Å². The molecule has 19 heavy (non-hydrogen) atoms. The van der Waals surface area contributed by atoms with Crippen LogP contribution in [0.15, 0.2) is 12.1 Å². The summed E-state index contributed by atoms with van der Waals surface area (Å²) in [5.74, 6) is 3.08. The van der Waals surface area contributed by atoms with E-state index in [-0.39, 0.29) is 5.60 Å². The summed E-state index contributed by atoms with van der Waals surface area (Å²) < 4.78 is 7.00. The minimum atomic E-state index is 0.156. The van der Waals surface area contributed by atoms with E-state index in [2.05, 4.69) is 18.4 Å². The Morgan fingerprint density at radius 1 is 1.53 bits per heavy atom. The van der Waals surface area contributed by atoms with Gasteiger partial charge in [0.25, 0.3) is 0 Å². The molecule has 0 bridgehead atoms. The Hall–Kier alpha value is 0.260. The normalized spacial score (nSPS) is 32.8. The lowest BCUT2D eigenvalue weighted by Crippen LogP contribution is -2.43. The van der Waals surface area contributed by atoms with Gasteiger partial charge in [0, 0.05) is 23.3 Å². The number of hydrogen-bond acceptors (Lipinski definition) is 4. The molecule has 2 aliphatic rings. The molecule has 3 rings (SSSR count). The highest BCUT2D eigenvalue weighted by Crippen LogP contribution is 2.45. The summed E-state index contributed by atoms with van der Waals surface area (Å²) in [5.41, 5.74) is 0.156. The van der Waals surface area contributed by atoms with E-state index >= 15 is 0 Å². The third-order valence-electron chi connectivity index (χ3n) is 4.28. The van der Waals surface area contributed by atoms with Crippen molar-refractivity contribution in [3.8, 4) is 0 Å². The Morgan fingerprint density at radius 3 is 3.05 bits per heavy atom. The van der Waals surface area contributed by atoms with Crippen LogP contribution in [0.3, 0.4) is 0 Å². The average Bonchev–Trinajstić information content (AvgIpc) is 3.01. The Bertz CT molecular complexity index is 431. The predicted octanol–water partition coefficient (Wildman–Crippen LogP) is 3.96. The molecule has 106 valence electrons. The number of thioether (sulfide) groups is 1. The summed E-state index contributed by atoms with van der Waals surface area (Å²) in [5, 5.41) is 3.50. The predicted molar refractivity (Wildman–Crippen MR) is 84.5 cm³/mol. The molecule has 2 fully saturated rings. The monoisotopic (exact) mass is 317 g/mol. The topological polar surface area (TPSA) is 21.3 Å². The lowest BCUT2D eigenvalue weighted by molar-refractivity contribution is -0.0848. The van der Waals surface area contributed by atoms with Gasteiger partial charge in [-0.15, -0.1) is 11.3 Å². The lowest BCUT2D eigenvalue weighted by atomic mass is 9.81. The van der Waals surface area contributed by atoms with Gasteiger partial charge in [0.15, 0.2) is 0 Å². The zero-order chi connectivity index (χ0) is 13.3. The standard InChI is InChI=1S/C14H20ClNOS2/c1-16-13(11-2-3-12(15)19-11)10-4-6-17-14(8-10)5-7-18-9-14/h2-3,10,13,16H,4-9H2,1H3. The van der Waals surface area contributed by atoms with Gasteiger partial charge in [0.2, 0.25) is 0 Å². The third-order valence-corrected chi connectivity index (χ3v) is 6.82. The van der Waals surface area contributed by atoms with Crippen LogP contribution in [-0.4, -0.2) is 30.8 Å². The molecule has 3 unspecified atom stereocenters. The zero-order valence-electron chi connectivity index (χ0n) is 11.2. The van der Waals surface area contributed by atoms with Gasteiger partial charge in [-0.1, -0.05) is 11.6 Å². The van der Waals surface area contributed by atoms with Crippen LogP contribution < -0.4 is 5.32 Å². The van der Waals surface area contributed by atoms with Crippen molar-refractivity contribution in [3.63, 3.8) is 0 Å². The van der Waals surface area contributed by atoms with Gasteiger partial charge < -0.3 is 10.1 Å². The average molecular weight is 318 g/mol. The lowest BCUT2D eigenvalue weighted by Gasteiger charge is -2.40. The minimum absolute atomic E-state index is 0.156. The van der Waals surface area contributed by atoms with Gasteiger partial charge in [-0.2, -0.15) is 11.8 Å². The van der Waals surface area contributed by atoms with Gasteiger partial charge >= 0.3 is 0 Å². The van der Waals surface area contributed by atoms with E-state index in [9.17, 15) is 0 Å². The smallest absolute Gasteiger partial charge is 0.0931 e. The van der Waals surface area contributed by atoms with Crippen molar-refractivity contribution in [2.45, 2.75) is 30.9 Å². The molecule has 0 radical (unpaired) electrons. The largest absolute Gasteiger partial charge is 0.374 e. The van der Waals surface area contributed by atoms with E-state index in [1.807, 2.05) is 17.8 Å². The van der Waals surface area contributed by atoms with E-state index in [0.717, 1.165) is 17.4 Å². The number of hydrogen-bond donors (Lipinski definition) is 1. The van der Waals surface area contributed by atoms with Crippen LogP contribution in [0.1, 0.15) is 30.2 Å². The van der Waals surface area contributed by atoms with E-state index in [4.69, 9.17) is 16.3 Å². The van der Waals surface area contributed by atoms with E-state index in [1.165, 1.54) is 29.2 Å². The quantitative estimate of drug-likeness (QED) is 0.911. The molecule has 2 saturated heterocycles. The second-order valence-electron chi connectivity index (χ2n) is 5.50. The highest BCUT2D eigenvalue weighted by atomic mass is 35.5. The molecule has 5 heteroatoms. The fourth-order valence-electron chi connectivity index (χ4n) is 3.32. The van der Waals surface area contributed by atoms with Crippen LogP contribution >= 0.6 is 34.7 Å². The first-order valence-electron chi connectivity index (χ1n) is 6.87. The van der Waals surface area contributed by atoms with Gasteiger partial charge in [-0.3, -0.25) is 0 Å². The number of rotatable bonds is 3. The first-order chi connectivity index (χ1) is 9.22. The van der Waals surface area contributed by atoms with Gasteiger partial charge in [-0.05, 0) is 50.1 Å². The van der Waals surface area contributed by atoms with Crippen LogP contribution in [0, 0.1) is 5.92 Å². The molecular weight excluding hydrogens is 298 g/mol. The van der Waals surface area contributed by atoms with Crippen molar-refractivity contribution in [1.82, 2.24) is 5.32 Å². The van der Waals surface area contributed by atoms with Crippen molar-refractivity contribution in [2.24, 2.45) is 5.92 Å². The van der Waals surface area contributed by atoms with E-state index < -0.39 is 0 Å². The maximum atomic E-state index is 6.12. The molecule has 2 nitrogen and oxygen atoms in total. The molecule has 1 N–H and O–H groups in total. The summed E-state index contributed by atoms with van der Waals surface area (Å²) in [6.07, 6.45) is 3.55. The van der Waals surface area contributed by atoms with Crippen LogP contribution in [0.2, 0.25) is 4.34 Å². The molecule has 0 aliphatic carbocycles. The molecule has 1 aromatic rings. The molecule has 1 spiro atoms. The molecule has 0 amide bonds. The first-order valence-corrected chi connectivity index (χ1v) is 9.22. The summed E-state index contributed by atoms with van der Waals surface area (Å²) in [4.78, 5) is 1.36. The maximum Gasteiger partial charge on any atom is 0.0931 e.